The molecule has 106 valence electrons. The van der Waals surface area contributed by atoms with Crippen molar-refractivity contribution in [3.8, 4) is 0 Å². The lowest BCUT2D eigenvalue weighted by Gasteiger charge is -2.02. The molecule has 0 unspecified atom stereocenters. The summed E-state index contributed by atoms with van der Waals surface area (Å²) in [5, 5.41) is 21.4. The van der Waals surface area contributed by atoms with Gasteiger partial charge in [-0.05, 0) is 12.5 Å². The van der Waals surface area contributed by atoms with Crippen molar-refractivity contribution in [1.82, 2.24) is 0 Å². The molecule has 0 saturated heterocycles. The number of benzene rings is 1. The van der Waals surface area contributed by atoms with E-state index in [2.05, 4.69) is 0 Å². The molecule has 0 spiro atoms. The summed E-state index contributed by atoms with van der Waals surface area (Å²) in [6.07, 6.45) is 0.355. The van der Waals surface area contributed by atoms with E-state index < -0.39 is 33.4 Å². The van der Waals surface area contributed by atoms with Crippen LogP contribution >= 0.6 is 0 Å². The Hall–Kier alpha value is -2.64. The van der Waals surface area contributed by atoms with Crippen LogP contribution in [0.25, 0.3) is 0 Å². The Morgan fingerprint density at radius 2 is 1.80 bits per heavy atom. The third-order valence-electron chi connectivity index (χ3n) is 2.58. The highest BCUT2D eigenvalue weighted by Gasteiger charge is 2.24. The lowest BCUT2D eigenvalue weighted by Crippen LogP contribution is -2.10. The van der Waals surface area contributed by atoms with Gasteiger partial charge >= 0.3 is 0 Å². The molecule has 0 aliphatic rings. The lowest BCUT2D eigenvalue weighted by atomic mass is 10.0. The third kappa shape index (κ3) is 3.67. The van der Waals surface area contributed by atoms with Gasteiger partial charge in [-0.1, -0.05) is 6.92 Å². The van der Waals surface area contributed by atoms with E-state index in [4.69, 9.17) is 0 Å². The van der Waals surface area contributed by atoms with Crippen LogP contribution in [0.4, 0.5) is 11.4 Å². The number of nitro groups is 2. The van der Waals surface area contributed by atoms with Crippen molar-refractivity contribution in [1.29, 1.82) is 0 Å². The van der Waals surface area contributed by atoms with Gasteiger partial charge in [0.25, 0.3) is 11.4 Å². The topological polar surface area (TPSA) is 120 Å². The molecule has 1 aromatic carbocycles. The minimum atomic E-state index is -0.871. The van der Waals surface area contributed by atoms with E-state index in [1.165, 1.54) is 0 Å². The summed E-state index contributed by atoms with van der Waals surface area (Å²) in [5.41, 5.74) is -1.42. The maximum absolute atomic E-state index is 11.8. The summed E-state index contributed by atoms with van der Waals surface area (Å²) in [7, 11) is 0. The molecule has 1 aromatic rings. The first-order valence-electron chi connectivity index (χ1n) is 5.84. The average Bonchev–Trinajstić information content (AvgIpc) is 2.37. The Kier molecular flexibility index (Phi) is 5.01. The summed E-state index contributed by atoms with van der Waals surface area (Å²) in [5.74, 6) is -1.02. The molecule has 0 saturated carbocycles. The second-order valence-electron chi connectivity index (χ2n) is 4.10. The quantitative estimate of drug-likeness (QED) is 0.327. The highest BCUT2D eigenvalue weighted by molar-refractivity contribution is 6.10. The van der Waals surface area contributed by atoms with Crippen LogP contribution < -0.4 is 0 Å². The molecule has 20 heavy (non-hydrogen) atoms. The fourth-order valence-corrected chi connectivity index (χ4v) is 1.66. The van der Waals surface area contributed by atoms with Gasteiger partial charge in [-0.2, -0.15) is 0 Å². The number of nitro benzene ring substituents is 2. The number of carbonyl (C=O) groups excluding carboxylic acids is 2. The van der Waals surface area contributed by atoms with Crippen molar-refractivity contribution < 1.29 is 19.4 Å². The van der Waals surface area contributed by atoms with Gasteiger partial charge in [0.2, 0.25) is 0 Å². The number of Topliss-reactive ketones (excluding diaryl/α,β-unsaturated/α-hetero) is 2. The predicted octanol–water partition coefficient (Wildman–Crippen LogP) is 2.45. The summed E-state index contributed by atoms with van der Waals surface area (Å²) < 4.78 is 0. The molecule has 0 radical (unpaired) electrons. The second-order valence-corrected chi connectivity index (χ2v) is 4.10. The van der Waals surface area contributed by atoms with Crippen LogP contribution in [-0.2, 0) is 4.79 Å². The fraction of sp³-hybridized carbons (Fsp3) is 0.333. The molecular weight excluding hydrogens is 268 g/mol. The minimum Gasteiger partial charge on any atom is -0.299 e. The van der Waals surface area contributed by atoms with E-state index in [0.717, 1.165) is 18.2 Å². The van der Waals surface area contributed by atoms with Crippen molar-refractivity contribution in [2.75, 3.05) is 0 Å². The van der Waals surface area contributed by atoms with E-state index in [-0.39, 0.29) is 17.8 Å². The Morgan fingerprint density at radius 1 is 1.15 bits per heavy atom. The Labute approximate surface area is 113 Å². The standard InChI is InChI=1S/C12H12N2O6/c1-2-3-9(15)7-12(16)10-5-4-8(13(17)18)6-11(10)14(19)20/h4-6H,2-3,7H2,1H3. The van der Waals surface area contributed by atoms with Gasteiger partial charge in [-0.15, -0.1) is 0 Å². The van der Waals surface area contributed by atoms with E-state index in [0.29, 0.717) is 6.42 Å². The summed E-state index contributed by atoms with van der Waals surface area (Å²) in [4.78, 5) is 43.0. The number of ketones is 2. The van der Waals surface area contributed by atoms with Crippen molar-refractivity contribution in [3.63, 3.8) is 0 Å². The van der Waals surface area contributed by atoms with Crippen LogP contribution in [0.3, 0.4) is 0 Å². The first-order valence-corrected chi connectivity index (χ1v) is 5.84. The number of hydrogen-bond donors (Lipinski definition) is 0. The lowest BCUT2D eigenvalue weighted by molar-refractivity contribution is -0.394. The Bertz CT molecular complexity index is 581. The van der Waals surface area contributed by atoms with E-state index >= 15 is 0 Å². The van der Waals surface area contributed by atoms with Gasteiger partial charge in [-0.25, -0.2) is 0 Å². The van der Waals surface area contributed by atoms with E-state index in [9.17, 15) is 29.8 Å². The van der Waals surface area contributed by atoms with Gasteiger partial charge in [0, 0.05) is 12.5 Å². The van der Waals surface area contributed by atoms with Crippen molar-refractivity contribution >= 4 is 22.9 Å². The Balaban J connectivity index is 3.11. The van der Waals surface area contributed by atoms with Crippen molar-refractivity contribution in [2.24, 2.45) is 0 Å². The number of non-ortho nitro benzene ring substituents is 1. The molecule has 0 heterocycles. The second kappa shape index (κ2) is 6.50. The number of carbonyl (C=O) groups is 2. The highest BCUT2D eigenvalue weighted by Crippen LogP contribution is 2.25. The van der Waals surface area contributed by atoms with Crippen LogP contribution in [0.2, 0.25) is 0 Å². The Morgan fingerprint density at radius 3 is 2.30 bits per heavy atom. The molecular formula is C12H12N2O6. The zero-order chi connectivity index (χ0) is 15.3. The molecule has 0 N–H and O–H groups in total. The van der Waals surface area contributed by atoms with Gasteiger partial charge in [0.05, 0.1) is 27.9 Å². The van der Waals surface area contributed by atoms with Gasteiger partial charge in [0.15, 0.2) is 5.78 Å². The first kappa shape index (κ1) is 15.4. The number of nitrogens with zero attached hydrogens (tertiary/aromatic N) is 2. The molecule has 8 heteroatoms. The maximum atomic E-state index is 11.8. The van der Waals surface area contributed by atoms with Crippen LogP contribution in [0.1, 0.15) is 36.5 Å². The molecule has 0 aromatic heterocycles. The monoisotopic (exact) mass is 280 g/mol. The van der Waals surface area contributed by atoms with Gasteiger partial charge < -0.3 is 0 Å². The zero-order valence-corrected chi connectivity index (χ0v) is 10.7. The zero-order valence-electron chi connectivity index (χ0n) is 10.7. The summed E-state index contributed by atoms with van der Waals surface area (Å²) in [6.45, 7) is 1.77. The van der Waals surface area contributed by atoms with Crippen LogP contribution in [-0.4, -0.2) is 21.4 Å². The van der Waals surface area contributed by atoms with Crippen molar-refractivity contribution in [2.45, 2.75) is 26.2 Å². The number of hydrogen-bond acceptors (Lipinski definition) is 6. The first-order chi connectivity index (χ1) is 9.36. The smallest absolute Gasteiger partial charge is 0.287 e. The molecule has 0 bridgehead atoms. The molecule has 1 rings (SSSR count). The summed E-state index contributed by atoms with van der Waals surface area (Å²) >= 11 is 0. The van der Waals surface area contributed by atoms with Crippen LogP contribution in [0, 0.1) is 20.2 Å². The minimum absolute atomic E-state index is 0.215. The molecule has 0 atom stereocenters. The third-order valence-corrected chi connectivity index (χ3v) is 2.58. The van der Waals surface area contributed by atoms with Gasteiger partial charge in [0.1, 0.15) is 5.78 Å². The normalized spacial score (nSPS) is 10.1. The molecule has 0 aliphatic heterocycles. The average molecular weight is 280 g/mol. The number of rotatable bonds is 7. The maximum Gasteiger partial charge on any atom is 0.287 e. The molecule has 0 fully saturated rings. The van der Waals surface area contributed by atoms with E-state index in [1.807, 2.05) is 0 Å². The van der Waals surface area contributed by atoms with Gasteiger partial charge in [-0.3, -0.25) is 29.8 Å². The SMILES string of the molecule is CCCC(=O)CC(=O)c1ccc([N+](=O)[O-])cc1[N+](=O)[O-]. The van der Waals surface area contributed by atoms with Crippen LogP contribution in [0.15, 0.2) is 18.2 Å². The molecule has 0 amide bonds. The largest absolute Gasteiger partial charge is 0.299 e. The fourth-order valence-electron chi connectivity index (χ4n) is 1.66. The molecule has 0 aliphatic carbocycles. The summed E-state index contributed by atoms with van der Waals surface area (Å²) in [6, 6.07) is 2.74. The van der Waals surface area contributed by atoms with E-state index in [1.54, 1.807) is 6.92 Å². The van der Waals surface area contributed by atoms with Crippen LogP contribution in [0.5, 0.6) is 0 Å². The predicted molar refractivity (Wildman–Crippen MR) is 68.6 cm³/mol. The molecule has 8 nitrogen and oxygen atoms in total. The highest BCUT2D eigenvalue weighted by atomic mass is 16.6. The van der Waals surface area contributed by atoms with Crippen molar-refractivity contribution in [3.05, 3.63) is 44.0 Å².